The molecule has 1 aliphatic heterocycles. The highest BCUT2D eigenvalue weighted by Crippen LogP contribution is 2.27. The Balaban J connectivity index is 2.09. The Kier molecular flexibility index (Phi) is 3.23. The normalized spacial score (nSPS) is 16.7. The van der Waals surface area contributed by atoms with Gasteiger partial charge >= 0.3 is 0 Å². The molecular formula is C12H19N3OS. The Hall–Kier alpha value is -0.940. The molecule has 1 aromatic rings. The first-order chi connectivity index (χ1) is 7.90. The van der Waals surface area contributed by atoms with Crippen molar-refractivity contribution in [1.29, 1.82) is 0 Å². The Labute approximate surface area is 106 Å². The van der Waals surface area contributed by atoms with Crippen molar-refractivity contribution in [3.8, 4) is 0 Å². The maximum atomic E-state index is 11.9. The van der Waals surface area contributed by atoms with E-state index >= 15 is 0 Å². The molecule has 0 unspecified atom stereocenters. The third kappa shape index (κ3) is 2.50. The zero-order valence-electron chi connectivity index (χ0n) is 10.8. The molecule has 2 rings (SSSR count). The molecule has 1 saturated heterocycles. The summed E-state index contributed by atoms with van der Waals surface area (Å²) in [5, 5.41) is 7.17. The number of amides is 1. The molecule has 0 bridgehead atoms. The smallest absolute Gasteiger partial charge is 0.226 e. The molecule has 94 valence electrons. The number of hydrogen-bond donors (Lipinski definition) is 2. The fraction of sp³-hybridized carbons (Fsp3) is 0.667. The summed E-state index contributed by atoms with van der Waals surface area (Å²) in [6, 6.07) is 0. The molecule has 2 heterocycles. The van der Waals surface area contributed by atoms with Crippen LogP contribution in [-0.2, 0) is 10.3 Å². The van der Waals surface area contributed by atoms with E-state index in [1.807, 2.05) is 20.8 Å². The molecule has 1 amide bonds. The molecule has 0 atom stereocenters. The van der Waals surface area contributed by atoms with Crippen molar-refractivity contribution in [1.82, 2.24) is 15.6 Å². The molecule has 1 aliphatic rings. The number of nitrogens with zero attached hydrogens (tertiary/aromatic N) is 1. The molecule has 1 fully saturated rings. The Bertz CT molecular complexity index is 415. The minimum absolute atomic E-state index is 0.122. The van der Waals surface area contributed by atoms with E-state index in [0.717, 1.165) is 23.8 Å². The van der Waals surface area contributed by atoms with Gasteiger partial charge in [-0.25, -0.2) is 4.98 Å². The van der Waals surface area contributed by atoms with Gasteiger partial charge in [-0.05, 0) is 27.7 Å². The first-order valence-corrected chi connectivity index (χ1v) is 6.69. The number of aryl methyl sites for hydroxylation is 2. The molecule has 5 heteroatoms. The Morgan fingerprint density at radius 2 is 2.12 bits per heavy atom. The monoisotopic (exact) mass is 253 g/mol. The largest absolute Gasteiger partial charge is 0.344 e. The first kappa shape index (κ1) is 12.5. The molecule has 4 nitrogen and oxygen atoms in total. The highest BCUT2D eigenvalue weighted by Gasteiger charge is 2.32. The van der Waals surface area contributed by atoms with Crippen LogP contribution in [0.1, 0.15) is 29.4 Å². The summed E-state index contributed by atoms with van der Waals surface area (Å²) < 4.78 is 0. The van der Waals surface area contributed by atoms with Gasteiger partial charge in [0.05, 0.1) is 17.2 Å². The minimum atomic E-state index is -0.379. The lowest BCUT2D eigenvalue weighted by Gasteiger charge is -2.31. The van der Waals surface area contributed by atoms with E-state index in [9.17, 15) is 4.79 Å². The number of nitrogens with one attached hydrogen (secondary N) is 2. The maximum absolute atomic E-state index is 11.9. The van der Waals surface area contributed by atoms with Crippen molar-refractivity contribution >= 4 is 17.2 Å². The number of carbonyl (C=O) groups is 1. The lowest BCUT2D eigenvalue weighted by molar-refractivity contribution is -0.128. The van der Waals surface area contributed by atoms with Crippen LogP contribution in [0.4, 0.5) is 0 Å². The van der Waals surface area contributed by atoms with E-state index in [4.69, 9.17) is 0 Å². The second kappa shape index (κ2) is 4.38. The minimum Gasteiger partial charge on any atom is -0.344 e. The summed E-state index contributed by atoms with van der Waals surface area (Å²) in [6.45, 7) is 9.66. The van der Waals surface area contributed by atoms with Gasteiger partial charge in [-0.15, -0.1) is 11.3 Å². The molecular weight excluding hydrogens is 234 g/mol. The van der Waals surface area contributed by atoms with Crippen molar-refractivity contribution in [2.45, 2.75) is 33.2 Å². The first-order valence-electron chi connectivity index (χ1n) is 5.87. The fourth-order valence-electron chi connectivity index (χ4n) is 1.68. The Morgan fingerprint density at radius 3 is 2.53 bits per heavy atom. The van der Waals surface area contributed by atoms with E-state index in [2.05, 4.69) is 22.5 Å². The number of thiazole rings is 1. The standard InChI is InChI=1S/C12H19N3OS/c1-7-8(2)17-11(14-7)12(3,4)15-10(16)9-5-13-6-9/h9,13H,5-6H2,1-4H3,(H,15,16). The quantitative estimate of drug-likeness (QED) is 0.854. The molecule has 2 N–H and O–H groups in total. The summed E-state index contributed by atoms with van der Waals surface area (Å²) >= 11 is 1.66. The van der Waals surface area contributed by atoms with Crippen LogP contribution in [0.2, 0.25) is 0 Å². The molecule has 0 spiro atoms. The predicted molar refractivity (Wildman–Crippen MR) is 69.1 cm³/mol. The number of hydrogen-bond acceptors (Lipinski definition) is 4. The maximum Gasteiger partial charge on any atom is 0.226 e. The zero-order valence-corrected chi connectivity index (χ0v) is 11.6. The molecule has 0 aromatic carbocycles. The van der Waals surface area contributed by atoms with Crippen LogP contribution in [0.15, 0.2) is 0 Å². The van der Waals surface area contributed by atoms with Crippen LogP contribution < -0.4 is 10.6 Å². The van der Waals surface area contributed by atoms with Gasteiger partial charge in [0, 0.05) is 18.0 Å². The van der Waals surface area contributed by atoms with Crippen LogP contribution in [0.25, 0.3) is 0 Å². The van der Waals surface area contributed by atoms with Gasteiger partial charge < -0.3 is 10.6 Å². The second-order valence-electron chi connectivity index (χ2n) is 5.13. The van der Waals surface area contributed by atoms with Crippen LogP contribution in [0.3, 0.4) is 0 Å². The third-order valence-electron chi connectivity index (χ3n) is 3.15. The highest BCUT2D eigenvalue weighted by molar-refractivity contribution is 7.11. The van der Waals surface area contributed by atoms with Gasteiger partial charge in [-0.3, -0.25) is 4.79 Å². The van der Waals surface area contributed by atoms with Crippen LogP contribution in [0.5, 0.6) is 0 Å². The molecule has 0 saturated carbocycles. The van der Waals surface area contributed by atoms with E-state index < -0.39 is 0 Å². The van der Waals surface area contributed by atoms with Crippen molar-refractivity contribution < 1.29 is 4.79 Å². The fourth-order valence-corrected chi connectivity index (χ4v) is 2.65. The van der Waals surface area contributed by atoms with E-state index in [-0.39, 0.29) is 17.4 Å². The topological polar surface area (TPSA) is 54.0 Å². The highest BCUT2D eigenvalue weighted by atomic mass is 32.1. The lowest BCUT2D eigenvalue weighted by Crippen LogP contribution is -2.54. The van der Waals surface area contributed by atoms with Gasteiger partial charge in [0.15, 0.2) is 0 Å². The number of rotatable bonds is 3. The van der Waals surface area contributed by atoms with E-state index in [0.29, 0.717) is 0 Å². The van der Waals surface area contributed by atoms with E-state index in [1.165, 1.54) is 4.88 Å². The lowest BCUT2D eigenvalue weighted by atomic mass is 9.99. The van der Waals surface area contributed by atoms with Crippen LogP contribution in [0, 0.1) is 19.8 Å². The van der Waals surface area contributed by atoms with Gasteiger partial charge in [0.2, 0.25) is 5.91 Å². The predicted octanol–water partition coefficient (Wildman–Crippen LogP) is 1.33. The van der Waals surface area contributed by atoms with Crippen molar-refractivity contribution in [2.75, 3.05) is 13.1 Å². The molecule has 1 aromatic heterocycles. The molecule has 0 radical (unpaired) electrons. The zero-order chi connectivity index (χ0) is 12.6. The number of aromatic nitrogens is 1. The van der Waals surface area contributed by atoms with Crippen molar-refractivity contribution in [3.63, 3.8) is 0 Å². The average molecular weight is 253 g/mol. The summed E-state index contributed by atoms with van der Waals surface area (Å²) in [5.74, 6) is 0.246. The summed E-state index contributed by atoms with van der Waals surface area (Å²) in [4.78, 5) is 17.7. The SMILES string of the molecule is Cc1nc(C(C)(C)NC(=O)C2CNC2)sc1C. The van der Waals surface area contributed by atoms with E-state index in [1.54, 1.807) is 11.3 Å². The Morgan fingerprint density at radius 1 is 1.47 bits per heavy atom. The van der Waals surface area contributed by atoms with Gasteiger partial charge in [-0.2, -0.15) is 0 Å². The second-order valence-corrected chi connectivity index (χ2v) is 6.33. The van der Waals surface area contributed by atoms with Crippen LogP contribution >= 0.6 is 11.3 Å². The summed E-state index contributed by atoms with van der Waals surface area (Å²) in [6.07, 6.45) is 0. The average Bonchev–Trinajstić information content (AvgIpc) is 2.43. The summed E-state index contributed by atoms with van der Waals surface area (Å²) in [7, 11) is 0. The number of carbonyl (C=O) groups excluding carboxylic acids is 1. The van der Waals surface area contributed by atoms with Crippen molar-refractivity contribution in [2.24, 2.45) is 5.92 Å². The third-order valence-corrected chi connectivity index (χ3v) is 4.55. The van der Waals surface area contributed by atoms with Crippen LogP contribution in [-0.4, -0.2) is 24.0 Å². The van der Waals surface area contributed by atoms with Crippen molar-refractivity contribution in [3.05, 3.63) is 15.6 Å². The molecule has 17 heavy (non-hydrogen) atoms. The molecule has 0 aliphatic carbocycles. The van der Waals surface area contributed by atoms with Gasteiger partial charge in [-0.1, -0.05) is 0 Å². The van der Waals surface area contributed by atoms with Gasteiger partial charge in [0.25, 0.3) is 0 Å². The summed E-state index contributed by atoms with van der Waals surface area (Å²) in [5.41, 5.74) is 0.675. The van der Waals surface area contributed by atoms with Gasteiger partial charge in [0.1, 0.15) is 5.01 Å².